The van der Waals surface area contributed by atoms with Gasteiger partial charge in [0, 0.05) is 6.92 Å². The van der Waals surface area contributed by atoms with Crippen LogP contribution in [0.2, 0.25) is 0 Å². The lowest BCUT2D eigenvalue weighted by atomic mass is 10.1. The molecule has 84 valence electrons. The first kappa shape index (κ1) is 14.2. The zero-order chi connectivity index (χ0) is 9.26. The second kappa shape index (κ2) is 5.95. The fourth-order valence-corrected chi connectivity index (χ4v) is 1.47. The third-order valence-electron chi connectivity index (χ3n) is 2.02. The highest BCUT2D eigenvalue weighted by Crippen LogP contribution is 2.19. The fraction of sp³-hybridized carbons (Fsp3) is 0.300. The van der Waals surface area contributed by atoms with Crippen molar-refractivity contribution >= 4 is 35.9 Å². The molecule has 0 amide bonds. The number of rotatable bonds is 2. The van der Waals surface area contributed by atoms with Crippen LogP contribution in [-0.2, 0) is 6.42 Å². The maximum Gasteiger partial charge on any atom is 0.192 e. The molecule has 1 aromatic carbocycles. The molecule has 0 fully saturated rings. The molecule has 1 heterocycles. The molecule has 0 bridgehead atoms. The number of aromatic nitrogens is 1. The van der Waals surface area contributed by atoms with Crippen LogP contribution in [0.25, 0.3) is 11.1 Å². The lowest BCUT2D eigenvalue weighted by molar-refractivity contribution is 0.561. The van der Waals surface area contributed by atoms with Crippen LogP contribution in [0, 0.1) is 6.92 Å². The zero-order valence-corrected chi connectivity index (χ0v) is 10.0. The summed E-state index contributed by atoms with van der Waals surface area (Å²) in [4.78, 5) is 4.31. The van der Waals surface area contributed by atoms with Crippen LogP contribution in [0.15, 0.2) is 22.6 Å². The second-order valence-corrected chi connectivity index (χ2v) is 3.04. The van der Waals surface area contributed by atoms with Gasteiger partial charge in [0.05, 0.1) is 0 Å². The Morgan fingerprint density at radius 1 is 1.33 bits per heavy atom. The molecule has 1 aromatic heterocycles. The third kappa shape index (κ3) is 2.84. The first-order chi connectivity index (χ1) is 6.31. The quantitative estimate of drug-likeness (QED) is 0.889. The Kier molecular flexibility index (Phi) is 5.65. The van der Waals surface area contributed by atoms with Gasteiger partial charge in [0.2, 0.25) is 0 Å². The summed E-state index contributed by atoms with van der Waals surface area (Å²) in [6.07, 6.45) is 0.851. The molecule has 0 saturated carbocycles. The van der Waals surface area contributed by atoms with Crippen LogP contribution >= 0.6 is 24.8 Å². The van der Waals surface area contributed by atoms with Gasteiger partial charge in [-0.15, -0.1) is 24.8 Å². The van der Waals surface area contributed by atoms with E-state index in [1.165, 1.54) is 0 Å². The lowest BCUT2D eigenvalue weighted by Crippen LogP contribution is -2.02. The largest absolute Gasteiger partial charge is 0.441 e. The molecule has 2 aromatic rings. The summed E-state index contributed by atoms with van der Waals surface area (Å²) in [5, 5.41) is 0. The van der Waals surface area contributed by atoms with Crippen LogP contribution in [0.4, 0.5) is 0 Å². The third-order valence-corrected chi connectivity index (χ3v) is 2.02. The van der Waals surface area contributed by atoms with Crippen molar-refractivity contribution in [3.05, 3.63) is 29.7 Å². The van der Waals surface area contributed by atoms with Crippen molar-refractivity contribution in [2.45, 2.75) is 13.3 Å². The van der Waals surface area contributed by atoms with Gasteiger partial charge in [0.15, 0.2) is 11.5 Å². The maximum atomic E-state index is 5.50. The molecule has 0 aliphatic carbocycles. The van der Waals surface area contributed by atoms with Gasteiger partial charge >= 0.3 is 0 Å². The molecular weight excluding hydrogens is 235 g/mol. The number of nitrogens with zero attached hydrogens (tertiary/aromatic N) is 1. The van der Waals surface area contributed by atoms with E-state index in [-0.39, 0.29) is 24.8 Å². The van der Waals surface area contributed by atoms with Crippen LogP contribution in [0.3, 0.4) is 0 Å². The van der Waals surface area contributed by atoms with E-state index < -0.39 is 0 Å². The van der Waals surface area contributed by atoms with E-state index in [0.29, 0.717) is 12.4 Å². The number of nitrogens with two attached hydrogens (primary N) is 1. The zero-order valence-electron chi connectivity index (χ0n) is 8.40. The van der Waals surface area contributed by atoms with E-state index in [9.17, 15) is 0 Å². The average Bonchev–Trinajstić information content (AvgIpc) is 2.47. The highest BCUT2D eigenvalue weighted by atomic mass is 35.5. The Morgan fingerprint density at radius 2 is 2.07 bits per heavy atom. The van der Waals surface area contributed by atoms with Gasteiger partial charge in [0.25, 0.3) is 0 Å². The highest BCUT2D eigenvalue weighted by Gasteiger charge is 2.05. The Balaban J connectivity index is 0.000000980. The Labute approximate surface area is 101 Å². The van der Waals surface area contributed by atoms with Crippen molar-refractivity contribution in [2.24, 2.45) is 5.73 Å². The van der Waals surface area contributed by atoms with E-state index in [1.807, 2.05) is 25.1 Å². The number of halogens is 2. The number of hydrogen-bond acceptors (Lipinski definition) is 3. The number of benzene rings is 1. The van der Waals surface area contributed by atoms with Crippen molar-refractivity contribution in [3.8, 4) is 0 Å². The Morgan fingerprint density at radius 3 is 2.73 bits per heavy atom. The van der Waals surface area contributed by atoms with Crippen molar-refractivity contribution in [2.75, 3.05) is 6.54 Å². The smallest absolute Gasteiger partial charge is 0.192 e. The first-order valence-corrected chi connectivity index (χ1v) is 4.36. The van der Waals surface area contributed by atoms with Crippen LogP contribution in [0.1, 0.15) is 11.5 Å². The number of oxazole rings is 1. The van der Waals surface area contributed by atoms with Crippen molar-refractivity contribution < 1.29 is 4.42 Å². The van der Waals surface area contributed by atoms with Gasteiger partial charge in [-0.1, -0.05) is 12.1 Å². The Hall–Kier alpha value is -0.770. The molecule has 0 atom stereocenters. The molecule has 0 saturated heterocycles. The van der Waals surface area contributed by atoms with Gasteiger partial charge in [-0.05, 0) is 24.6 Å². The topological polar surface area (TPSA) is 52.0 Å². The van der Waals surface area contributed by atoms with Crippen LogP contribution in [0.5, 0.6) is 0 Å². The summed E-state index contributed by atoms with van der Waals surface area (Å²) in [6.45, 7) is 2.50. The summed E-state index contributed by atoms with van der Waals surface area (Å²) in [5.41, 5.74) is 8.46. The molecule has 0 aliphatic heterocycles. The minimum Gasteiger partial charge on any atom is -0.441 e. The first-order valence-electron chi connectivity index (χ1n) is 4.36. The number of aryl methyl sites for hydroxylation is 1. The molecule has 0 aliphatic rings. The van der Waals surface area contributed by atoms with Gasteiger partial charge in [-0.3, -0.25) is 0 Å². The molecule has 2 rings (SSSR count). The lowest BCUT2D eigenvalue weighted by Gasteiger charge is -1.97. The summed E-state index contributed by atoms with van der Waals surface area (Å²) in [6, 6.07) is 5.93. The van der Waals surface area contributed by atoms with E-state index in [2.05, 4.69) is 4.98 Å². The molecule has 15 heavy (non-hydrogen) atoms. The van der Waals surface area contributed by atoms with Gasteiger partial charge < -0.3 is 10.2 Å². The van der Waals surface area contributed by atoms with E-state index in [4.69, 9.17) is 10.2 Å². The normalized spacial score (nSPS) is 9.47. The number of hydrogen-bond donors (Lipinski definition) is 1. The molecular formula is C10H14Cl2N2O. The molecule has 0 radical (unpaired) electrons. The molecule has 0 unspecified atom stereocenters. The SMILES string of the molecule is Cc1nc2c(CCN)cccc2o1.Cl.Cl. The van der Waals surface area contributed by atoms with Crippen molar-refractivity contribution in [3.63, 3.8) is 0 Å². The second-order valence-electron chi connectivity index (χ2n) is 3.04. The predicted molar refractivity (Wildman–Crippen MR) is 66.0 cm³/mol. The predicted octanol–water partition coefficient (Wildman–Crippen LogP) is 2.48. The standard InChI is InChI=1S/C10H12N2O.2ClH/c1-7-12-10-8(5-6-11)3-2-4-9(10)13-7;;/h2-4H,5-6,11H2,1H3;2*1H. The van der Waals surface area contributed by atoms with Gasteiger partial charge in [0.1, 0.15) is 5.52 Å². The minimum absolute atomic E-state index is 0. The van der Waals surface area contributed by atoms with Crippen molar-refractivity contribution in [1.29, 1.82) is 0 Å². The van der Waals surface area contributed by atoms with Gasteiger partial charge in [-0.25, -0.2) is 4.98 Å². The van der Waals surface area contributed by atoms with Gasteiger partial charge in [-0.2, -0.15) is 0 Å². The summed E-state index contributed by atoms with van der Waals surface area (Å²) >= 11 is 0. The summed E-state index contributed by atoms with van der Waals surface area (Å²) in [5.74, 6) is 0.708. The van der Waals surface area contributed by atoms with Crippen LogP contribution < -0.4 is 5.73 Å². The molecule has 2 N–H and O–H groups in total. The highest BCUT2D eigenvalue weighted by molar-refractivity contribution is 5.85. The number of fused-ring (bicyclic) bond motifs is 1. The van der Waals surface area contributed by atoms with E-state index >= 15 is 0 Å². The fourth-order valence-electron chi connectivity index (χ4n) is 1.47. The van der Waals surface area contributed by atoms with Crippen LogP contribution in [-0.4, -0.2) is 11.5 Å². The van der Waals surface area contributed by atoms with E-state index in [1.54, 1.807) is 0 Å². The maximum absolute atomic E-state index is 5.50. The summed E-state index contributed by atoms with van der Waals surface area (Å²) < 4.78 is 5.40. The number of para-hydroxylation sites is 1. The van der Waals surface area contributed by atoms with Crippen molar-refractivity contribution in [1.82, 2.24) is 4.98 Å². The molecule has 5 heteroatoms. The molecule has 3 nitrogen and oxygen atoms in total. The molecule has 0 spiro atoms. The minimum atomic E-state index is 0. The average molecular weight is 249 g/mol. The monoisotopic (exact) mass is 248 g/mol. The summed E-state index contributed by atoms with van der Waals surface area (Å²) in [7, 11) is 0. The Bertz CT molecular complexity index is 428. The van der Waals surface area contributed by atoms with E-state index in [0.717, 1.165) is 23.1 Å².